The van der Waals surface area contributed by atoms with E-state index in [1.165, 1.54) is 0 Å². The van der Waals surface area contributed by atoms with Crippen LogP contribution in [0.4, 0.5) is 18.9 Å². The van der Waals surface area contributed by atoms with Gasteiger partial charge in [0.2, 0.25) is 0 Å². The fourth-order valence-corrected chi connectivity index (χ4v) is 3.18. The summed E-state index contributed by atoms with van der Waals surface area (Å²) in [5.41, 5.74) is 1.06. The molecule has 1 aromatic carbocycles. The van der Waals surface area contributed by atoms with Crippen molar-refractivity contribution in [2.75, 3.05) is 20.3 Å². The molecule has 0 radical (unpaired) electrons. The number of fused-ring (bicyclic) bond motifs is 1. The number of nitrogens with zero attached hydrogens (tertiary/aromatic N) is 2. The molecular weight excluding hydrogens is 341 g/mol. The zero-order valence-electron chi connectivity index (χ0n) is 13.0. The minimum absolute atomic E-state index is 0.269. The number of benzene rings is 1. The SMILES string of the molecule is CN1C=Nc2ccc(Cl)cc2C1(C#CCOCC(F)(F)F)C1CC1. The van der Waals surface area contributed by atoms with Crippen molar-refractivity contribution < 1.29 is 17.9 Å². The Morgan fingerprint density at radius 1 is 1.42 bits per heavy atom. The van der Waals surface area contributed by atoms with Crippen molar-refractivity contribution in [3.8, 4) is 11.8 Å². The van der Waals surface area contributed by atoms with Gasteiger partial charge in [-0.2, -0.15) is 13.2 Å². The fraction of sp³-hybridized carbons (Fsp3) is 0.471. The molecule has 0 aromatic heterocycles. The summed E-state index contributed by atoms with van der Waals surface area (Å²) in [7, 11) is 1.87. The van der Waals surface area contributed by atoms with Crippen LogP contribution in [0.5, 0.6) is 0 Å². The average molecular weight is 357 g/mol. The van der Waals surface area contributed by atoms with Gasteiger partial charge in [-0.3, -0.25) is 0 Å². The van der Waals surface area contributed by atoms with Gasteiger partial charge in [0.15, 0.2) is 0 Å². The third-order valence-corrected chi connectivity index (χ3v) is 4.42. The minimum Gasteiger partial charge on any atom is -0.359 e. The van der Waals surface area contributed by atoms with E-state index >= 15 is 0 Å². The lowest BCUT2D eigenvalue weighted by Crippen LogP contribution is -2.45. The van der Waals surface area contributed by atoms with Crippen molar-refractivity contribution in [2.24, 2.45) is 10.9 Å². The maximum Gasteiger partial charge on any atom is 0.411 e. The first kappa shape index (κ1) is 17.1. The maximum absolute atomic E-state index is 12.1. The Balaban J connectivity index is 1.89. The van der Waals surface area contributed by atoms with Crippen LogP contribution in [0.25, 0.3) is 0 Å². The molecule has 1 atom stereocenters. The Hall–Kier alpha value is -1.71. The number of hydrogen-bond acceptors (Lipinski definition) is 3. The van der Waals surface area contributed by atoms with Gasteiger partial charge in [-0.15, -0.1) is 0 Å². The number of hydrogen-bond donors (Lipinski definition) is 0. The highest BCUT2D eigenvalue weighted by atomic mass is 35.5. The highest BCUT2D eigenvalue weighted by Crippen LogP contribution is 2.52. The van der Waals surface area contributed by atoms with Crippen LogP contribution in [0.3, 0.4) is 0 Å². The van der Waals surface area contributed by atoms with Crippen molar-refractivity contribution in [2.45, 2.75) is 24.6 Å². The molecule has 1 aliphatic carbocycles. The second-order valence-electron chi connectivity index (χ2n) is 5.97. The van der Waals surface area contributed by atoms with E-state index in [-0.39, 0.29) is 6.61 Å². The van der Waals surface area contributed by atoms with Gasteiger partial charge in [0.25, 0.3) is 0 Å². The van der Waals surface area contributed by atoms with Crippen molar-refractivity contribution >= 4 is 23.6 Å². The van der Waals surface area contributed by atoms with Gasteiger partial charge in [-0.25, -0.2) is 4.99 Å². The molecule has 128 valence electrons. The summed E-state index contributed by atoms with van der Waals surface area (Å²) in [6, 6.07) is 5.44. The van der Waals surface area contributed by atoms with Gasteiger partial charge in [0.05, 0.1) is 12.0 Å². The summed E-state index contributed by atoms with van der Waals surface area (Å²) in [4.78, 5) is 6.31. The van der Waals surface area contributed by atoms with Crippen molar-refractivity contribution in [1.82, 2.24) is 4.90 Å². The standard InChI is InChI=1S/C17H16ClF3N2O/c1-23-11-22-15-6-5-13(18)9-14(15)16(23,12-3-4-12)7-2-8-24-10-17(19,20)21/h5-6,9,11-12H,3-4,8,10H2,1H3. The molecule has 1 heterocycles. The summed E-state index contributed by atoms with van der Waals surface area (Å²) in [5, 5.41) is 0.583. The van der Waals surface area contributed by atoms with Crippen LogP contribution in [0.1, 0.15) is 18.4 Å². The first-order valence-electron chi connectivity index (χ1n) is 7.54. The van der Waals surface area contributed by atoms with E-state index in [4.69, 9.17) is 11.6 Å². The largest absolute Gasteiger partial charge is 0.411 e. The lowest BCUT2D eigenvalue weighted by molar-refractivity contribution is -0.170. The molecule has 1 aromatic rings. The fourth-order valence-electron chi connectivity index (χ4n) is 3.01. The smallest absolute Gasteiger partial charge is 0.359 e. The van der Waals surface area contributed by atoms with Crippen molar-refractivity contribution in [1.29, 1.82) is 0 Å². The Bertz CT molecular complexity index is 719. The highest BCUT2D eigenvalue weighted by Gasteiger charge is 2.50. The molecule has 24 heavy (non-hydrogen) atoms. The van der Waals surface area contributed by atoms with E-state index < -0.39 is 18.3 Å². The molecule has 3 rings (SSSR count). The van der Waals surface area contributed by atoms with Gasteiger partial charge in [-0.1, -0.05) is 23.4 Å². The first-order chi connectivity index (χ1) is 11.3. The predicted octanol–water partition coefficient (Wildman–Crippen LogP) is 4.13. The molecule has 0 spiro atoms. The second-order valence-corrected chi connectivity index (χ2v) is 6.40. The lowest BCUT2D eigenvalue weighted by atomic mass is 9.82. The summed E-state index contributed by atoms with van der Waals surface area (Å²) in [6.45, 7) is -1.56. The van der Waals surface area contributed by atoms with Gasteiger partial charge < -0.3 is 9.64 Å². The van der Waals surface area contributed by atoms with Crippen molar-refractivity contribution in [3.05, 3.63) is 28.8 Å². The zero-order chi connectivity index (χ0) is 17.4. The number of rotatable bonds is 3. The molecule has 1 fully saturated rings. The van der Waals surface area contributed by atoms with Crippen LogP contribution in [0.2, 0.25) is 5.02 Å². The zero-order valence-corrected chi connectivity index (χ0v) is 13.8. The molecule has 7 heteroatoms. The van der Waals surface area contributed by atoms with Crippen LogP contribution in [-0.2, 0) is 10.3 Å². The molecule has 1 saturated carbocycles. The van der Waals surface area contributed by atoms with Crippen LogP contribution >= 0.6 is 11.6 Å². The molecule has 0 N–H and O–H groups in total. The van der Waals surface area contributed by atoms with E-state index in [2.05, 4.69) is 21.6 Å². The predicted molar refractivity (Wildman–Crippen MR) is 86.4 cm³/mol. The molecule has 1 aliphatic heterocycles. The van der Waals surface area contributed by atoms with Crippen LogP contribution < -0.4 is 0 Å². The van der Waals surface area contributed by atoms with Gasteiger partial charge in [0, 0.05) is 17.6 Å². The summed E-state index contributed by atoms with van der Waals surface area (Å²) >= 11 is 6.14. The lowest BCUT2D eigenvalue weighted by Gasteiger charge is -2.40. The monoisotopic (exact) mass is 356 g/mol. The Kier molecular flexibility index (Phi) is 4.50. The Morgan fingerprint density at radius 3 is 2.83 bits per heavy atom. The summed E-state index contributed by atoms with van der Waals surface area (Å²) in [6.07, 6.45) is -0.630. The number of halogens is 4. The van der Waals surface area contributed by atoms with E-state index in [9.17, 15) is 13.2 Å². The van der Waals surface area contributed by atoms with Crippen molar-refractivity contribution in [3.63, 3.8) is 0 Å². The molecule has 1 unspecified atom stereocenters. The van der Waals surface area contributed by atoms with E-state index in [1.54, 1.807) is 12.4 Å². The minimum atomic E-state index is -4.34. The third-order valence-electron chi connectivity index (χ3n) is 4.18. The van der Waals surface area contributed by atoms with E-state index in [0.717, 1.165) is 24.1 Å². The molecule has 0 saturated heterocycles. The summed E-state index contributed by atoms with van der Waals surface area (Å²) < 4.78 is 41.0. The first-order valence-corrected chi connectivity index (χ1v) is 7.92. The Morgan fingerprint density at radius 2 is 2.17 bits per heavy atom. The second kappa shape index (κ2) is 6.30. The van der Waals surface area contributed by atoms with Gasteiger partial charge >= 0.3 is 6.18 Å². The quantitative estimate of drug-likeness (QED) is 0.601. The topological polar surface area (TPSA) is 24.8 Å². The van der Waals surface area contributed by atoms with E-state index in [0.29, 0.717) is 10.9 Å². The summed E-state index contributed by atoms with van der Waals surface area (Å²) in [5.74, 6) is 6.21. The average Bonchev–Trinajstić information content (AvgIpc) is 3.33. The number of aliphatic imine (C=N–C) groups is 1. The third kappa shape index (κ3) is 3.38. The molecular formula is C17H16ClF3N2O. The molecule has 0 amide bonds. The normalized spacial score (nSPS) is 22.8. The number of ether oxygens (including phenoxy) is 1. The number of alkyl halides is 3. The maximum atomic E-state index is 12.1. The van der Waals surface area contributed by atoms with Crippen LogP contribution in [0.15, 0.2) is 23.2 Å². The molecule has 3 nitrogen and oxygen atoms in total. The van der Waals surface area contributed by atoms with Crippen LogP contribution in [0, 0.1) is 17.8 Å². The van der Waals surface area contributed by atoms with Gasteiger partial charge in [-0.05, 0) is 37.0 Å². The Labute approximate surface area is 143 Å². The van der Waals surface area contributed by atoms with Crippen LogP contribution in [-0.4, -0.2) is 37.7 Å². The molecule has 2 aliphatic rings. The highest BCUT2D eigenvalue weighted by molar-refractivity contribution is 6.30. The van der Waals surface area contributed by atoms with Gasteiger partial charge in [0.1, 0.15) is 18.8 Å². The van der Waals surface area contributed by atoms with E-state index in [1.807, 2.05) is 24.1 Å². The molecule has 0 bridgehead atoms.